The van der Waals surface area contributed by atoms with E-state index >= 15 is 0 Å². The number of hydrogen-bond acceptors (Lipinski definition) is 4. The van der Waals surface area contributed by atoms with E-state index in [4.69, 9.17) is 0 Å². The van der Waals surface area contributed by atoms with Crippen molar-refractivity contribution >= 4 is 0 Å². The van der Waals surface area contributed by atoms with Crippen molar-refractivity contribution < 1.29 is 19.6 Å². The zero-order valence-electron chi connectivity index (χ0n) is 6.42. The van der Waals surface area contributed by atoms with E-state index in [1.54, 1.807) is 6.08 Å². The van der Waals surface area contributed by atoms with Crippen molar-refractivity contribution in [2.45, 2.75) is 13.3 Å². The number of allylic oxidation sites excluding steroid dienone is 1. The lowest BCUT2D eigenvalue weighted by Gasteiger charge is -2.02. The highest BCUT2D eigenvalue weighted by molar-refractivity contribution is 4.79. The minimum atomic E-state index is 0.215. The van der Waals surface area contributed by atoms with Crippen molar-refractivity contribution in [1.29, 1.82) is 0 Å². The molecule has 0 aromatic carbocycles. The number of hydrogen-bond donors (Lipinski definition) is 0. The Morgan fingerprint density at radius 2 is 1.70 bits per heavy atom. The van der Waals surface area contributed by atoms with E-state index in [1.807, 2.05) is 6.92 Å². The third kappa shape index (κ3) is 4.17. The van der Waals surface area contributed by atoms with E-state index in [-0.39, 0.29) is 5.95 Å². The smallest absolute Gasteiger partial charge is 0.295 e. The molecule has 4 heteroatoms. The zero-order valence-corrected chi connectivity index (χ0v) is 6.42. The molecule has 0 aromatic rings. The molecule has 0 aromatic heterocycles. The highest BCUT2D eigenvalue weighted by atomic mass is 17.3. The van der Waals surface area contributed by atoms with Crippen molar-refractivity contribution in [1.82, 2.24) is 0 Å². The van der Waals surface area contributed by atoms with Crippen molar-refractivity contribution in [2.24, 2.45) is 0 Å². The van der Waals surface area contributed by atoms with Gasteiger partial charge in [-0.1, -0.05) is 6.92 Å². The van der Waals surface area contributed by atoms with Gasteiger partial charge in [-0.05, 0) is 6.42 Å². The molecule has 0 atom stereocenters. The van der Waals surface area contributed by atoms with E-state index < -0.39 is 0 Å². The summed E-state index contributed by atoms with van der Waals surface area (Å²) in [6, 6.07) is 0. The summed E-state index contributed by atoms with van der Waals surface area (Å²) in [5.74, 6) is 0.215. The fraction of sp³-hybridized carbons (Fsp3) is 0.667. The quantitative estimate of drug-likeness (QED) is 0.335. The Kier molecular flexibility index (Phi) is 5.91. The van der Waals surface area contributed by atoms with Gasteiger partial charge in [0.2, 0.25) is 0 Å². The summed E-state index contributed by atoms with van der Waals surface area (Å²) in [6.07, 6.45) is 2.48. The summed E-state index contributed by atoms with van der Waals surface area (Å²) >= 11 is 0. The molecule has 0 saturated carbocycles. The Balaban J connectivity index is 3.60. The fourth-order valence-corrected chi connectivity index (χ4v) is 0.413. The Hall–Kier alpha value is -0.740. The van der Waals surface area contributed by atoms with Crippen LogP contribution in [0, 0.1) is 0 Å². The monoisotopic (exact) mass is 148 g/mol. The second-order valence-corrected chi connectivity index (χ2v) is 1.43. The summed E-state index contributed by atoms with van der Waals surface area (Å²) in [6.45, 7) is 1.94. The normalized spacial score (nSPS) is 8.70. The molecule has 0 heterocycles. The Labute approximate surface area is 60.2 Å². The molecule has 0 aliphatic carbocycles. The minimum absolute atomic E-state index is 0.215. The molecule has 0 radical (unpaired) electrons. The van der Waals surface area contributed by atoms with Crippen LogP contribution >= 0.6 is 0 Å². The average Bonchev–Trinajstić information content (AvgIpc) is 1.90. The van der Waals surface area contributed by atoms with Gasteiger partial charge in [-0.2, -0.15) is 9.78 Å². The zero-order chi connectivity index (χ0) is 7.82. The molecule has 0 fully saturated rings. The van der Waals surface area contributed by atoms with Crippen molar-refractivity contribution in [3.63, 3.8) is 0 Å². The van der Waals surface area contributed by atoms with Gasteiger partial charge in [0, 0.05) is 6.08 Å². The first kappa shape index (κ1) is 9.26. The third-order valence-electron chi connectivity index (χ3n) is 0.702. The lowest BCUT2D eigenvalue weighted by Crippen LogP contribution is -1.95. The van der Waals surface area contributed by atoms with Crippen LogP contribution in [-0.2, 0) is 19.6 Å². The maximum atomic E-state index is 4.54. The topological polar surface area (TPSA) is 36.9 Å². The first-order valence-electron chi connectivity index (χ1n) is 2.96. The van der Waals surface area contributed by atoms with Crippen LogP contribution < -0.4 is 0 Å². The highest BCUT2D eigenvalue weighted by Gasteiger charge is 1.96. The Morgan fingerprint density at radius 3 is 2.00 bits per heavy atom. The molecule has 0 rings (SSSR count). The van der Waals surface area contributed by atoms with E-state index in [1.165, 1.54) is 14.2 Å². The first-order valence-corrected chi connectivity index (χ1v) is 2.96. The standard InChI is InChI=1S/C6H12O4/c1-4-5-6(9-7-2)10-8-3/h5H,4H2,1-3H3. The Morgan fingerprint density at radius 1 is 1.20 bits per heavy atom. The molecule has 0 unspecified atom stereocenters. The van der Waals surface area contributed by atoms with Crippen LogP contribution in [0.1, 0.15) is 13.3 Å². The molecule has 0 N–H and O–H groups in total. The molecule has 0 bridgehead atoms. The summed E-state index contributed by atoms with van der Waals surface area (Å²) in [5.41, 5.74) is 0. The Bertz CT molecular complexity index is 91.9. The first-order chi connectivity index (χ1) is 4.85. The number of rotatable bonds is 5. The summed E-state index contributed by atoms with van der Waals surface area (Å²) in [5, 5.41) is 0. The van der Waals surface area contributed by atoms with Crippen LogP contribution in [0.5, 0.6) is 0 Å². The maximum Gasteiger partial charge on any atom is 0.348 e. The SMILES string of the molecule is CCC=C(OOC)OOC. The van der Waals surface area contributed by atoms with Crippen molar-refractivity contribution in [2.75, 3.05) is 14.2 Å². The predicted molar refractivity (Wildman–Crippen MR) is 34.6 cm³/mol. The lowest BCUT2D eigenvalue weighted by molar-refractivity contribution is -0.350. The molecular formula is C6H12O4. The van der Waals surface area contributed by atoms with Gasteiger partial charge in [-0.25, -0.2) is 0 Å². The van der Waals surface area contributed by atoms with Crippen LogP contribution in [0.3, 0.4) is 0 Å². The van der Waals surface area contributed by atoms with Gasteiger partial charge in [0.15, 0.2) is 0 Å². The summed E-state index contributed by atoms with van der Waals surface area (Å²) in [4.78, 5) is 17.7. The second-order valence-electron chi connectivity index (χ2n) is 1.43. The highest BCUT2D eigenvalue weighted by Crippen LogP contribution is 2.00. The van der Waals surface area contributed by atoms with Crippen molar-refractivity contribution in [3.8, 4) is 0 Å². The summed E-state index contributed by atoms with van der Waals surface area (Å²) < 4.78 is 0. The van der Waals surface area contributed by atoms with E-state index in [0.29, 0.717) is 0 Å². The van der Waals surface area contributed by atoms with Crippen LogP contribution in [-0.4, -0.2) is 14.2 Å². The molecule has 0 spiro atoms. The van der Waals surface area contributed by atoms with E-state index in [9.17, 15) is 0 Å². The maximum absolute atomic E-state index is 4.54. The minimum Gasteiger partial charge on any atom is -0.295 e. The average molecular weight is 148 g/mol. The molecule has 10 heavy (non-hydrogen) atoms. The lowest BCUT2D eigenvalue weighted by atomic mass is 10.5. The largest absolute Gasteiger partial charge is 0.348 e. The molecule has 0 saturated heterocycles. The second kappa shape index (κ2) is 6.38. The molecule has 0 aliphatic rings. The fourth-order valence-electron chi connectivity index (χ4n) is 0.413. The van der Waals surface area contributed by atoms with Gasteiger partial charge in [0.1, 0.15) is 0 Å². The van der Waals surface area contributed by atoms with Crippen LogP contribution in [0.4, 0.5) is 0 Å². The van der Waals surface area contributed by atoms with Gasteiger partial charge in [0.05, 0.1) is 14.2 Å². The molecule has 0 aliphatic heterocycles. The van der Waals surface area contributed by atoms with Gasteiger partial charge >= 0.3 is 5.95 Å². The van der Waals surface area contributed by atoms with Gasteiger partial charge in [0.25, 0.3) is 0 Å². The summed E-state index contributed by atoms with van der Waals surface area (Å²) in [7, 11) is 2.78. The van der Waals surface area contributed by atoms with Crippen LogP contribution in [0.25, 0.3) is 0 Å². The van der Waals surface area contributed by atoms with Gasteiger partial charge < -0.3 is 0 Å². The van der Waals surface area contributed by atoms with E-state index in [0.717, 1.165) is 6.42 Å². The van der Waals surface area contributed by atoms with Crippen LogP contribution in [0.2, 0.25) is 0 Å². The predicted octanol–water partition coefficient (Wildman–Crippen LogP) is 1.39. The molecular weight excluding hydrogens is 136 g/mol. The van der Waals surface area contributed by atoms with Crippen molar-refractivity contribution in [3.05, 3.63) is 12.0 Å². The molecule has 4 nitrogen and oxygen atoms in total. The molecule has 60 valence electrons. The van der Waals surface area contributed by atoms with Gasteiger partial charge in [-0.15, -0.1) is 0 Å². The molecule has 0 amide bonds. The van der Waals surface area contributed by atoms with Gasteiger partial charge in [-0.3, -0.25) is 9.78 Å². The third-order valence-corrected chi connectivity index (χ3v) is 0.702. The van der Waals surface area contributed by atoms with E-state index in [2.05, 4.69) is 19.6 Å². The van der Waals surface area contributed by atoms with Crippen LogP contribution in [0.15, 0.2) is 12.0 Å².